The van der Waals surface area contributed by atoms with E-state index >= 15 is 0 Å². The van der Waals surface area contributed by atoms with Crippen LogP contribution < -0.4 is 0 Å². The fraction of sp³-hybridized carbons (Fsp3) is 0.722. The Morgan fingerprint density at radius 3 is 2.73 bits per heavy atom. The highest BCUT2D eigenvalue weighted by Gasteiger charge is 2.35. The van der Waals surface area contributed by atoms with Crippen molar-refractivity contribution in [3.63, 3.8) is 0 Å². The molecule has 3 aliphatic rings. The molecule has 0 saturated carbocycles. The van der Waals surface area contributed by atoms with E-state index in [-0.39, 0.29) is 0 Å². The monoisotopic (exact) mass is 361 g/mol. The lowest BCUT2D eigenvalue weighted by molar-refractivity contribution is 0.109. The van der Waals surface area contributed by atoms with Gasteiger partial charge in [0.05, 0.1) is 12.2 Å². The third kappa shape index (κ3) is 3.67. The maximum absolute atomic E-state index is 5.39. The summed E-state index contributed by atoms with van der Waals surface area (Å²) in [4.78, 5) is 9.49. The van der Waals surface area contributed by atoms with E-state index in [1.165, 1.54) is 18.4 Å². The first-order valence-corrected chi connectivity index (χ1v) is 9.31. The largest absolute Gasteiger partial charge is 0.377 e. The number of methoxy groups -OCH3 is 1. The Balaban J connectivity index is 1.42. The number of ether oxygens (including phenoxy) is 1. The van der Waals surface area contributed by atoms with Crippen LogP contribution in [-0.2, 0) is 24.4 Å². The molecule has 5 heterocycles. The molecule has 3 saturated heterocycles. The molecular weight excluding hydrogens is 334 g/mol. The minimum Gasteiger partial charge on any atom is -0.377 e. The molecule has 0 aliphatic carbocycles. The second-order valence-corrected chi connectivity index (χ2v) is 7.56. The van der Waals surface area contributed by atoms with Crippen LogP contribution in [0, 0.1) is 19.8 Å². The fourth-order valence-electron chi connectivity index (χ4n) is 4.27. The zero-order valence-electron chi connectivity index (χ0n) is 15.8. The summed E-state index contributed by atoms with van der Waals surface area (Å²) >= 11 is 0. The van der Waals surface area contributed by atoms with Crippen LogP contribution in [0.1, 0.15) is 41.6 Å². The molecule has 3 aliphatic heterocycles. The summed E-state index contributed by atoms with van der Waals surface area (Å²) in [7, 11) is 1.64. The first kappa shape index (κ1) is 17.6. The van der Waals surface area contributed by atoms with Crippen LogP contribution in [0.2, 0.25) is 0 Å². The Kier molecular flexibility index (Phi) is 5.06. The Morgan fingerprint density at radius 1 is 1.08 bits per heavy atom. The van der Waals surface area contributed by atoms with Gasteiger partial charge in [-0.15, -0.1) is 0 Å². The number of hydrogen-bond donors (Lipinski definition) is 0. The van der Waals surface area contributed by atoms with E-state index in [2.05, 4.69) is 25.1 Å². The number of hydrogen-bond acceptors (Lipinski definition) is 8. The first-order valence-electron chi connectivity index (χ1n) is 9.31. The van der Waals surface area contributed by atoms with Gasteiger partial charge < -0.3 is 13.8 Å². The van der Waals surface area contributed by atoms with Crippen LogP contribution in [0.15, 0.2) is 9.05 Å². The third-order valence-electron chi connectivity index (χ3n) is 5.59. The fourth-order valence-corrected chi connectivity index (χ4v) is 4.27. The maximum atomic E-state index is 5.39. The topological polar surface area (TPSA) is 80.7 Å². The molecule has 142 valence electrons. The van der Waals surface area contributed by atoms with Gasteiger partial charge in [-0.2, -0.15) is 4.98 Å². The number of piperidine rings is 1. The number of nitrogens with zero attached hydrogens (tertiary/aromatic N) is 5. The van der Waals surface area contributed by atoms with Crippen molar-refractivity contribution in [3.05, 3.63) is 28.7 Å². The van der Waals surface area contributed by atoms with Gasteiger partial charge in [-0.3, -0.25) is 9.80 Å². The lowest BCUT2D eigenvalue weighted by Gasteiger charge is -2.35. The summed E-state index contributed by atoms with van der Waals surface area (Å²) in [6, 6.07) is 0.520. The molecule has 3 fully saturated rings. The lowest BCUT2D eigenvalue weighted by atomic mass is 9.95. The van der Waals surface area contributed by atoms with Crippen LogP contribution >= 0.6 is 0 Å². The van der Waals surface area contributed by atoms with E-state index < -0.39 is 0 Å². The summed E-state index contributed by atoms with van der Waals surface area (Å²) < 4.78 is 15.8. The summed E-state index contributed by atoms with van der Waals surface area (Å²) in [6.45, 7) is 9.32. The predicted molar refractivity (Wildman–Crippen MR) is 93.2 cm³/mol. The normalized spacial score (nSPS) is 24.3. The van der Waals surface area contributed by atoms with E-state index in [0.29, 0.717) is 30.3 Å². The van der Waals surface area contributed by atoms with Gasteiger partial charge in [0.2, 0.25) is 5.89 Å². The summed E-state index contributed by atoms with van der Waals surface area (Å²) in [5.74, 6) is 2.91. The molecule has 0 amide bonds. The molecule has 8 heteroatoms. The van der Waals surface area contributed by atoms with Gasteiger partial charge in [0.25, 0.3) is 0 Å². The molecular formula is C18H27N5O3. The van der Waals surface area contributed by atoms with Gasteiger partial charge in [-0.05, 0) is 32.6 Å². The van der Waals surface area contributed by atoms with Crippen molar-refractivity contribution < 1.29 is 13.8 Å². The Hall–Kier alpha value is -1.77. The second-order valence-electron chi connectivity index (χ2n) is 7.56. The van der Waals surface area contributed by atoms with Crippen LogP contribution in [-0.4, -0.2) is 57.9 Å². The first-order chi connectivity index (χ1) is 12.6. The molecule has 0 spiro atoms. The van der Waals surface area contributed by atoms with E-state index in [4.69, 9.17) is 13.8 Å². The number of rotatable bonds is 6. The van der Waals surface area contributed by atoms with Crippen LogP contribution in [0.4, 0.5) is 0 Å². The predicted octanol–water partition coefficient (Wildman–Crippen LogP) is 1.92. The van der Waals surface area contributed by atoms with Gasteiger partial charge in [0.15, 0.2) is 5.82 Å². The molecule has 2 aromatic heterocycles. The minimum atomic E-state index is 0.390. The molecule has 2 bridgehead atoms. The number of fused-ring (bicyclic) bond motifs is 4. The standard InChI is InChI=1S/C18H27N5O3/c1-12-16(13(2)25-20-12)9-22-6-14-4-5-15(8-22)23(7-14)10-18-19-17(11-24-3)21-26-18/h14-15H,4-11H2,1-3H3/t14-,15+/m1/s1. The van der Waals surface area contributed by atoms with Crippen molar-refractivity contribution in [2.75, 3.05) is 26.7 Å². The van der Waals surface area contributed by atoms with Crippen LogP contribution in [0.3, 0.4) is 0 Å². The zero-order chi connectivity index (χ0) is 18.1. The molecule has 2 aromatic rings. The SMILES string of the molecule is COCc1noc(CN2C[C@@H]3CC[C@H]2CN(Cc2c(C)noc2C)C3)n1. The number of aromatic nitrogens is 3. The van der Waals surface area contributed by atoms with E-state index in [9.17, 15) is 0 Å². The van der Waals surface area contributed by atoms with Crippen molar-refractivity contribution >= 4 is 0 Å². The highest BCUT2D eigenvalue weighted by Crippen LogP contribution is 2.30. The maximum Gasteiger partial charge on any atom is 0.240 e. The highest BCUT2D eigenvalue weighted by atomic mass is 16.5. The Labute approximate surface area is 153 Å². The van der Waals surface area contributed by atoms with Gasteiger partial charge in [-0.1, -0.05) is 10.3 Å². The van der Waals surface area contributed by atoms with Gasteiger partial charge in [0, 0.05) is 44.9 Å². The Bertz CT molecular complexity index is 724. The summed E-state index contributed by atoms with van der Waals surface area (Å²) in [6.07, 6.45) is 2.51. The molecule has 5 rings (SSSR count). The second kappa shape index (κ2) is 7.46. The molecule has 0 unspecified atom stereocenters. The Morgan fingerprint density at radius 2 is 1.96 bits per heavy atom. The third-order valence-corrected chi connectivity index (χ3v) is 5.59. The molecule has 0 N–H and O–H groups in total. The minimum absolute atomic E-state index is 0.390. The molecule has 2 atom stereocenters. The molecule has 8 nitrogen and oxygen atoms in total. The quantitative estimate of drug-likeness (QED) is 0.772. The number of aryl methyl sites for hydroxylation is 2. The summed E-state index contributed by atoms with van der Waals surface area (Å²) in [5, 5.41) is 8.07. The van der Waals surface area contributed by atoms with E-state index in [1.807, 2.05) is 13.8 Å². The van der Waals surface area contributed by atoms with Crippen molar-refractivity contribution in [1.29, 1.82) is 0 Å². The molecule has 26 heavy (non-hydrogen) atoms. The van der Waals surface area contributed by atoms with Crippen molar-refractivity contribution in [2.24, 2.45) is 5.92 Å². The average molecular weight is 361 g/mol. The van der Waals surface area contributed by atoms with Gasteiger partial charge in [0.1, 0.15) is 12.4 Å². The van der Waals surface area contributed by atoms with Crippen molar-refractivity contribution in [1.82, 2.24) is 25.1 Å². The average Bonchev–Trinajstić information content (AvgIpc) is 3.06. The van der Waals surface area contributed by atoms with Crippen LogP contribution in [0.5, 0.6) is 0 Å². The molecule has 0 radical (unpaired) electrons. The zero-order valence-corrected chi connectivity index (χ0v) is 15.8. The van der Waals surface area contributed by atoms with Crippen molar-refractivity contribution in [2.45, 2.75) is 52.4 Å². The molecule has 0 aromatic carbocycles. The van der Waals surface area contributed by atoms with Gasteiger partial charge >= 0.3 is 0 Å². The van der Waals surface area contributed by atoms with Crippen LogP contribution in [0.25, 0.3) is 0 Å². The van der Waals surface area contributed by atoms with E-state index in [1.54, 1.807) is 7.11 Å². The highest BCUT2D eigenvalue weighted by molar-refractivity contribution is 5.20. The lowest BCUT2D eigenvalue weighted by Crippen LogP contribution is -2.43. The van der Waals surface area contributed by atoms with Crippen molar-refractivity contribution in [3.8, 4) is 0 Å². The van der Waals surface area contributed by atoms with E-state index in [0.717, 1.165) is 44.2 Å². The summed E-state index contributed by atoms with van der Waals surface area (Å²) in [5.41, 5.74) is 2.24. The smallest absolute Gasteiger partial charge is 0.240 e. The van der Waals surface area contributed by atoms with Gasteiger partial charge in [-0.25, -0.2) is 0 Å².